The van der Waals surface area contributed by atoms with E-state index < -0.39 is 0 Å². The molecule has 0 aliphatic heterocycles. The van der Waals surface area contributed by atoms with Crippen LogP contribution in [0.2, 0.25) is 0 Å². The number of nitrogens with zero attached hydrogens (tertiary/aromatic N) is 8. The van der Waals surface area contributed by atoms with Gasteiger partial charge in [-0.3, -0.25) is 0 Å². The molecule has 14 aromatic carbocycles. The van der Waals surface area contributed by atoms with Crippen molar-refractivity contribution in [3.8, 4) is 102 Å². The average Bonchev–Trinajstić information content (AvgIpc) is 1.57. The van der Waals surface area contributed by atoms with Crippen LogP contribution in [0.1, 0.15) is 0 Å². The Morgan fingerprint density at radius 2 is 0.580 bits per heavy atom. The van der Waals surface area contributed by atoms with Gasteiger partial charge in [0.15, 0.2) is 40.5 Å². The van der Waals surface area contributed by atoms with Crippen LogP contribution in [0, 0.1) is 0 Å². The summed E-state index contributed by atoms with van der Waals surface area (Å²) in [7, 11) is 0. The molecule has 9 nitrogen and oxygen atoms in total. The zero-order valence-electron chi connectivity index (χ0n) is 53.7. The van der Waals surface area contributed by atoms with E-state index in [1.807, 2.05) is 145 Å². The molecule has 20 aromatic rings. The summed E-state index contributed by atoms with van der Waals surface area (Å²) in [5.41, 5.74) is 18.6. The van der Waals surface area contributed by atoms with Crippen molar-refractivity contribution in [2.75, 3.05) is 0 Å². The van der Waals surface area contributed by atoms with Crippen molar-refractivity contribution in [2.45, 2.75) is 0 Å². The van der Waals surface area contributed by atoms with Crippen LogP contribution < -0.4 is 0 Å². The van der Waals surface area contributed by atoms with Crippen LogP contribution in [0.5, 0.6) is 0 Å². The molecule has 100 heavy (non-hydrogen) atoms. The van der Waals surface area contributed by atoms with Gasteiger partial charge in [0.25, 0.3) is 0 Å². The summed E-state index contributed by atoms with van der Waals surface area (Å²) in [6, 6.07) is 118. The second-order valence-corrected chi connectivity index (χ2v) is 26.0. The summed E-state index contributed by atoms with van der Waals surface area (Å²) in [5, 5.41) is 9.52. The van der Waals surface area contributed by atoms with E-state index in [4.69, 9.17) is 34.3 Å². The van der Waals surface area contributed by atoms with E-state index in [1.165, 1.54) is 53.2 Å². The lowest BCUT2D eigenvalue weighted by atomic mass is 10.0. The normalized spacial score (nSPS) is 11.6. The Morgan fingerprint density at radius 1 is 0.230 bits per heavy atom. The minimum atomic E-state index is 0.610. The highest BCUT2D eigenvalue weighted by Crippen LogP contribution is 2.46. The van der Waals surface area contributed by atoms with Gasteiger partial charge in [-0.05, 0) is 76.9 Å². The van der Waals surface area contributed by atoms with Crippen LogP contribution in [0.4, 0.5) is 0 Å². The Balaban J connectivity index is 0.000000139. The number of fused-ring (bicyclic) bond motifs is 14. The van der Waals surface area contributed by atoms with E-state index in [9.17, 15) is 0 Å². The maximum atomic E-state index is 6.66. The van der Waals surface area contributed by atoms with Crippen molar-refractivity contribution in [1.29, 1.82) is 0 Å². The molecule has 6 heterocycles. The lowest BCUT2D eigenvalue weighted by molar-refractivity contribution is 0.671. The minimum absolute atomic E-state index is 0.610. The van der Waals surface area contributed by atoms with Gasteiger partial charge in [0, 0.05) is 92.5 Å². The van der Waals surface area contributed by atoms with E-state index in [-0.39, 0.29) is 0 Å². The van der Waals surface area contributed by atoms with Gasteiger partial charge in [-0.1, -0.05) is 285 Å². The van der Waals surface area contributed by atoms with Crippen LogP contribution in [0.25, 0.3) is 188 Å². The van der Waals surface area contributed by atoms with E-state index in [1.54, 1.807) is 0 Å². The van der Waals surface area contributed by atoms with Crippen molar-refractivity contribution in [3.05, 3.63) is 340 Å². The topological polar surface area (TPSA) is 100 Å². The Hall–Kier alpha value is -13.3. The highest BCUT2D eigenvalue weighted by atomic mass is 32.1. The third kappa shape index (κ3) is 10.2. The van der Waals surface area contributed by atoms with Gasteiger partial charge in [0.1, 0.15) is 5.58 Å². The molecular weight excluding hydrogens is 1240 g/mol. The Morgan fingerprint density at radius 3 is 1.05 bits per heavy atom. The first-order valence-corrected chi connectivity index (χ1v) is 34.2. The molecule has 0 fully saturated rings. The highest BCUT2D eigenvalue weighted by Gasteiger charge is 2.24. The van der Waals surface area contributed by atoms with Crippen molar-refractivity contribution in [2.24, 2.45) is 0 Å². The fourth-order valence-electron chi connectivity index (χ4n) is 14.2. The fourth-order valence-corrected chi connectivity index (χ4v) is 15.4. The van der Waals surface area contributed by atoms with Gasteiger partial charge in [0.2, 0.25) is 0 Å². The van der Waals surface area contributed by atoms with E-state index in [0.717, 1.165) is 99.6 Å². The largest absolute Gasteiger partial charge is 0.454 e. The third-order valence-electron chi connectivity index (χ3n) is 18.9. The summed E-state index contributed by atoms with van der Waals surface area (Å²) in [5.74, 6) is 3.81. The highest BCUT2D eigenvalue weighted by molar-refractivity contribution is 7.26. The molecule has 0 spiro atoms. The monoisotopic (exact) mass is 1300 g/mol. The quantitative estimate of drug-likeness (QED) is 0.134. The summed E-state index contributed by atoms with van der Waals surface area (Å²) in [6.07, 6.45) is 0. The lowest BCUT2D eigenvalue weighted by Gasteiger charge is -2.12. The van der Waals surface area contributed by atoms with Crippen LogP contribution in [0.15, 0.2) is 344 Å². The van der Waals surface area contributed by atoms with Gasteiger partial charge < -0.3 is 13.6 Å². The molecule has 0 unspecified atom stereocenters. The van der Waals surface area contributed by atoms with Crippen LogP contribution in [0.3, 0.4) is 0 Å². The third-order valence-corrected chi connectivity index (χ3v) is 20.1. The fraction of sp³-hybridized carbons (Fsp3) is 0. The van der Waals surface area contributed by atoms with Crippen molar-refractivity contribution in [1.82, 2.24) is 39.0 Å². The zero-order chi connectivity index (χ0) is 66.0. The van der Waals surface area contributed by atoms with Gasteiger partial charge in [-0.2, -0.15) is 0 Å². The molecule has 20 rings (SSSR count). The number of benzene rings is 14. The van der Waals surface area contributed by atoms with Gasteiger partial charge >= 0.3 is 0 Å². The number of hydrogen-bond donors (Lipinski definition) is 0. The molecule has 468 valence electrons. The summed E-state index contributed by atoms with van der Waals surface area (Å²) in [4.78, 5) is 30.0. The average molecular weight is 1300 g/mol. The Bertz CT molecular complexity index is 6000. The molecule has 0 saturated carbocycles. The van der Waals surface area contributed by atoms with Crippen molar-refractivity contribution >= 4 is 97.1 Å². The van der Waals surface area contributed by atoms with Gasteiger partial charge in [-0.15, -0.1) is 11.3 Å². The SMILES string of the molecule is c1ccc(-c2ccc3c4ccc5c6ccccc6oc5c4n(-c4cccc(-c5nc(-c6ccccc6)nc(-c6ccccc6)n5)c4)c3c2)cc1.c1ccc(-c2ccc3c4ccc5c6ccccc6sc5c4n(-c4cccc(-c5nc(-c6ccccc6)nc(-c6ccccc6)n5)c4)c3c2)cc1. The predicted octanol–water partition coefficient (Wildman–Crippen LogP) is 23.5. The first-order valence-electron chi connectivity index (χ1n) is 33.4. The first kappa shape index (κ1) is 58.1. The molecule has 0 bridgehead atoms. The molecule has 0 aliphatic rings. The number of hydrogen-bond acceptors (Lipinski definition) is 8. The molecule has 10 heteroatoms. The lowest BCUT2D eigenvalue weighted by Crippen LogP contribution is -2.01. The van der Waals surface area contributed by atoms with Gasteiger partial charge in [0.05, 0.1) is 26.8 Å². The van der Waals surface area contributed by atoms with Crippen LogP contribution in [-0.4, -0.2) is 39.0 Å². The standard InChI is InChI=1S/C45H28N4O.C45H28N4S/c2*1-4-13-29(14-5-1)32-23-24-35-37-25-26-38-36-21-10-11-22-40(36)50-42(38)41(37)49(39(35)28-32)34-20-12-19-33(27-34)45-47-43(30-15-6-2-7-16-30)46-44(48-45)31-17-8-3-9-18-31/h2*1-28H. The smallest absolute Gasteiger partial charge is 0.164 e. The van der Waals surface area contributed by atoms with Crippen molar-refractivity contribution in [3.63, 3.8) is 0 Å². The Kier molecular flexibility index (Phi) is 14.2. The number of aromatic nitrogens is 8. The second-order valence-electron chi connectivity index (χ2n) is 24.9. The maximum absolute atomic E-state index is 6.66. The van der Waals surface area contributed by atoms with E-state index in [2.05, 4.69) is 215 Å². The number of para-hydroxylation sites is 1. The minimum Gasteiger partial charge on any atom is -0.454 e. The van der Waals surface area contributed by atoms with E-state index >= 15 is 0 Å². The zero-order valence-corrected chi connectivity index (χ0v) is 54.5. The molecule has 0 amide bonds. The summed E-state index contributed by atoms with van der Waals surface area (Å²) in [6.45, 7) is 0. The van der Waals surface area contributed by atoms with Crippen LogP contribution in [-0.2, 0) is 0 Å². The predicted molar refractivity (Wildman–Crippen MR) is 412 cm³/mol. The van der Waals surface area contributed by atoms with Crippen molar-refractivity contribution < 1.29 is 4.42 Å². The number of thiophene rings is 1. The Labute approximate surface area is 578 Å². The summed E-state index contributed by atoms with van der Waals surface area (Å²) >= 11 is 1.86. The molecule has 0 aliphatic carbocycles. The molecular formula is C90H56N8OS. The molecule has 6 aromatic heterocycles. The van der Waals surface area contributed by atoms with Gasteiger partial charge in [-0.25, -0.2) is 29.9 Å². The summed E-state index contributed by atoms with van der Waals surface area (Å²) < 4.78 is 14.0. The maximum Gasteiger partial charge on any atom is 0.164 e. The number of furan rings is 1. The second kappa shape index (κ2) is 24.4. The molecule has 0 saturated heterocycles. The molecule has 0 N–H and O–H groups in total. The number of rotatable bonds is 10. The van der Waals surface area contributed by atoms with E-state index in [0.29, 0.717) is 34.9 Å². The van der Waals surface area contributed by atoms with Crippen LogP contribution >= 0.6 is 11.3 Å². The molecule has 0 radical (unpaired) electrons. The molecule has 0 atom stereocenters. The first-order chi connectivity index (χ1) is 49.6.